The largest absolute Gasteiger partial charge is 0.466 e. The minimum atomic E-state index is -1.15. The Morgan fingerprint density at radius 2 is 1.68 bits per heavy atom. The molecule has 2 aromatic rings. The first kappa shape index (κ1) is 15.4. The first-order valence-corrected chi connectivity index (χ1v) is 8.06. The molecule has 0 N–H and O–H groups in total. The van der Waals surface area contributed by atoms with Crippen LogP contribution < -0.4 is 4.90 Å². The molecule has 25 heavy (non-hydrogen) atoms. The van der Waals surface area contributed by atoms with Crippen molar-refractivity contribution >= 4 is 23.1 Å². The van der Waals surface area contributed by atoms with Crippen molar-refractivity contribution in [3.05, 3.63) is 83.4 Å². The van der Waals surface area contributed by atoms with Crippen LogP contribution in [0.15, 0.2) is 72.3 Å². The molecule has 1 atom stereocenters. The number of carbonyl (C=O) groups is 2. The average Bonchev–Trinajstić information content (AvgIpc) is 3.16. The predicted molar refractivity (Wildman–Crippen MR) is 96.0 cm³/mol. The Bertz CT molecular complexity index is 943. The Kier molecular flexibility index (Phi) is 3.35. The van der Waals surface area contributed by atoms with Gasteiger partial charge in [-0.2, -0.15) is 0 Å². The number of carbonyl (C=O) groups excluding carboxylic acids is 2. The highest BCUT2D eigenvalue weighted by molar-refractivity contribution is 6.24. The van der Waals surface area contributed by atoms with Crippen LogP contribution in [0.5, 0.6) is 0 Å². The van der Waals surface area contributed by atoms with Crippen molar-refractivity contribution in [2.45, 2.75) is 5.41 Å². The Labute approximate surface area is 146 Å². The summed E-state index contributed by atoms with van der Waals surface area (Å²) < 4.78 is 4.99. The molecule has 1 amide bonds. The van der Waals surface area contributed by atoms with Crippen LogP contribution in [0.2, 0.25) is 0 Å². The maximum Gasteiger partial charge on any atom is 0.335 e. The number of nitrogens with zero attached hydrogens (tertiary/aromatic N) is 1. The number of hydrogen-bond donors (Lipinski definition) is 0. The summed E-state index contributed by atoms with van der Waals surface area (Å²) >= 11 is 0. The summed E-state index contributed by atoms with van der Waals surface area (Å²) in [7, 11) is 3.08. The van der Waals surface area contributed by atoms with E-state index in [1.54, 1.807) is 18.0 Å². The molecule has 1 aliphatic heterocycles. The fraction of sp³-hybridized carbons (Fsp3) is 0.143. The molecule has 4 rings (SSSR count). The Morgan fingerprint density at radius 3 is 2.40 bits per heavy atom. The number of methoxy groups -OCH3 is 1. The highest BCUT2D eigenvalue weighted by Crippen LogP contribution is 2.55. The number of benzene rings is 2. The van der Waals surface area contributed by atoms with Gasteiger partial charge in [0.05, 0.1) is 12.7 Å². The van der Waals surface area contributed by atoms with E-state index in [-0.39, 0.29) is 5.91 Å². The second-order valence-corrected chi connectivity index (χ2v) is 6.15. The summed E-state index contributed by atoms with van der Waals surface area (Å²) in [6, 6.07) is 17.3. The second kappa shape index (κ2) is 5.45. The molecule has 0 bridgehead atoms. The number of allylic oxidation sites excluding steroid dienone is 2. The molecule has 0 unspecified atom stereocenters. The highest BCUT2D eigenvalue weighted by Gasteiger charge is 2.58. The lowest BCUT2D eigenvalue weighted by Crippen LogP contribution is -2.42. The maximum absolute atomic E-state index is 13.4. The van der Waals surface area contributed by atoms with Crippen molar-refractivity contribution in [1.29, 1.82) is 0 Å². The van der Waals surface area contributed by atoms with Crippen molar-refractivity contribution in [3.8, 4) is 0 Å². The van der Waals surface area contributed by atoms with Crippen LogP contribution in [0.4, 0.5) is 5.69 Å². The standard InChI is InChI=1S/C21H17NO3/c1-22-18-11-7-6-10-16(18)21(20(22)24)15(14-8-4-3-5-9-14)12-13-17(21)19(23)25-2/h3-13H,1-2H3/t21-/m1/s1. The molecule has 0 aromatic heterocycles. The summed E-state index contributed by atoms with van der Waals surface area (Å²) in [6.07, 6.45) is 3.57. The lowest BCUT2D eigenvalue weighted by atomic mass is 9.70. The molecule has 0 saturated carbocycles. The van der Waals surface area contributed by atoms with Crippen molar-refractivity contribution in [3.63, 3.8) is 0 Å². The van der Waals surface area contributed by atoms with Gasteiger partial charge in [-0.05, 0) is 23.3 Å². The van der Waals surface area contributed by atoms with Gasteiger partial charge in [-0.15, -0.1) is 0 Å². The molecule has 0 radical (unpaired) electrons. The minimum Gasteiger partial charge on any atom is -0.466 e. The molecule has 124 valence electrons. The van der Waals surface area contributed by atoms with E-state index >= 15 is 0 Å². The van der Waals surface area contributed by atoms with Crippen LogP contribution in [0.3, 0.4) is 0 Å². The molecule has 2 aromatic carbocycles. The van der Waals surface area contributed by atoms with E-state index in [1.807, 2.05) is 60.7 Å². The Hall–Kier alpha value is -3.14. The van der Waals surface area contributed by atoms with E-state index in [9.17, 15) is 9.59 Å². The summed E-state index contributed by atoms with van der Waals surface area (Å²) in [4.78, 5) is 27.6. The molecule has 1 aliphatic carbocycles. The van der Waals surface area contributed by atoms with Gasteiger partial charge >= 0.3 is 5.97 Å². The Morgan fingerprint density at radius 1 is 1.00 bits per heavy atom. The fourth-order valence-electron chi connectivity index (χ4n) is 3.90. The number of ether oxygens (including phenoxy) is 1. The van der Waals surface area contributed by atoms with E-state index in [0.29, 0.717) is 5.57 Å². The van der Waals surface area contributed by atoms with Crippen molar-refractivity contribution < 1.29 is 14.3 Å². The predicted octanol–water partition coefficient (Wildman–Crippen LogP) is 3.10. The zero-order chi connectivity index (χ0) is 17.6. The lowest BCUT2D eigenvalue weighted by molar-refractivity contribution is -0.137. The van der Waals surface area contributed by atoms with E-state index in [2.05, 4.69) is 0 Å². The third kappa shape index (κ3) is 1.88. The molecule has 1 heterocycles. The van der Waals surface area contributed by atoms with Crippen molar-refractivity contribution in [2.75, 3.05) is 19.1 Å². The lowest BCUT2D eigenvalue weighted by Gasteiger charge is -2.29. The zero-order valence-electron chi connectivity index (χ0n) is 14.0. The SMILES string of the molecule is COC(=O)C1=CC=C(c2ccccc2)[C@]12C(=O)N(C)c1ccccc12. The van der Waals surface area contributed by atoms with Crippen LogP contribution in [-0.2, 0) is 19.7 Å². The van der Waals surface area contributed by atoms with E-state index < -0.39 is 11.4 Å². The van der Waals surface area contributed by atoms with Gasteiger partial charge in [0.1, 0.15) is 5.41 Å². The van der Waals surface area contributed by atoms with Gasteiger partial charge in [0.25, 0.3) is 0 Å². The number of rotatable bonds is 2. The zero-order valence-corrected chi connectivity index (χ0v) is 14.0. The number of likely N-dealkylation sites (N-methyl/N-ethyl adjacent to an activating group) is 1. The Balaban J connectivity index is 2.03. The van der Waals surface area contributed by atoms with E-state index in [4.69, 9.17) is 4.74 Å². The van der Waals surface area contributed by atoms with E-state index in [0.717, 1.165) is 22.4 Å². The van der Waals surface area contributed by atoms with Crippen molar-refractivity contribution in [2.24, 2.45) is 0 Å². The molecule has 0 fully saturated rings. The maximum atomic E-state index is 13.4. The van der Waals surface area contributed by atoms with Crippen LogP contribution in [-0.4, -0.2) is 26.0 Å². The molecule has 4 heteroatoms. The normalized spacial score (nSPS) is 21.2. The quantitative estimate of drug-likeness (QED) is 0.795. The first-order valence-electron chi connectivity index (χ1n) is 8.06. The first-order chi connectivity index (χ1) is 12.1. The number of fused-ring (bicyclic) bond motifs is 2. The summed E-state index contributed by atoms with van der Waals surface area (Å²) in [5.74, 6) is -0.626. The third-order valence-electron chi connectivity index (χ3n) is 5.01. The molecule has 1 spiro atoms. The van der Waals surface area contributed by atoms with Gasteiger partial charge in [0.15, 0.2) is 0 Å². The van der Waals surface area contributed by atoms with Crippen molar-refractivity contribution in [1.82, 2.24) is 0 Å². The van der Waals surface area contributed by atoms with Crippen LogP contribution in [0.25, 0.3) is 5.57 Å². The van der Waals surface area contributed by atoms with Crippen LogP contribution in [0.1, 0.15) is 11.1 Å². The molecule has 2 aliphatic rings. The monoisotopic (exact) mass is 331 g/mol. The topological polar surface area (TPSA) is 46.6 Å². The number of para-hydroxylation sites is 1. The summed E-state index contributed by atoms with van der Waals surface area (Å²) in [5.41, 5.74) is 2.54. The smallest absolute Gasteiger partial charge is 0.335 e. The number of amides is 1. The molecule has 4 nitrogen and oxygen atoms in total. The van der Waals surface area contributed by atoms with Gasteiger partial charge in [0, 0.05) is 18.3 Å². The summed E-state index contributed by atoms with van der Waals surface area (Å²) in [6.45, 7) is 0. The molecule has 0 saturated heterocycles. The highest BCUT2D eigenvalue weighted by atomic mass is 16.5. The summed E-state index contributed by atoms with van der Waals surface area (Å²) in [5, 5.41) is 0. The fourth-order valence-corrected chi connectivity index (χ4v) is 3.90. The average molecular weight is 331 g/mol. The number of anilines is 1. The number of hydrogen-bond acceptors (Lipinski definition) is 3. The van der Waals surface area contributed by atoms with Gasteiger partial charge in [-0.25, -0.2) is 4.79 Å². The van der Waals surface area contributed by atoms with Crippen LogP contribution >= 0.6 is 0 Å². The van der Waals surface area contributed by atoms with Gasteiger partial charge in [0.2, 0.25) is 5.91 Å². The van der Waals surface area contributed by atoms with Gasteiger partial charge in [-0.3, -0.25) is 4.79 Å². The molecular weight excluding hydrogens is 314 g/mol. The number of esters is 1. The van der Waals surface area contributed by atoms with Gasteiger partial charge < -0.3 is 9.64 Å². The second-order valence-electron chi connectivity index (χ2n) is 6.15. The van der Waals surface area contributed by atoms with Gasteiger partial charge in [-0.1, -0.05) is 54.6 Å². The molecular formula is C21H17NO3. The minimum absolute atomic E-state index is 0.141. The third-order valence-corrected chi connectivity index (χ3v) is 5.01. The van der Waals surface area contributed by atoms with Crippen LogP contribution in [0, 0.1) is 0 Å². The van der Waals surface area contributed by atoms with E-state index in [1.165, 1.54) is 7.11 Å².